The topological polar surface area (TPSA) is 189 Å². The van der Waals surface area contributed by atoms with Crippen molar-refractivity contribution in [3.8, 4) is 12.1 Å². The van der Waals surface area contributed by atoms with Gasteiger partial charge in [0.1, 0.15) is 31.9 Å². The molecule has 0 saturated carbocycles. The largest absolute Gasteiger partial charge is 0.316 e. The maximum Gasteiger partial charge on any atom is 0.268 e. The van der Waals surface area contributed by atoms with Crippen LogP contribution >= 0.6 is 22.7 Å². The van der Waals surface area contributed by atoms with Gasteiger partial charge in [0.25, 0.3) is 20.0 Å². The third-order valence-corrected chi connectivity index (χ3v) is 9.76. The lowest BCUT2D eigenvalue weighted by atomic mass is 10.3. The maximum absolute atomic E-state index is 12.1. The van der Waals surface area contributed by atoms with Crippen LogP contribution in [0.15, 0.2) is 19.8 Å². The van der Waals surface area contributed by atoms with Gasteiger partial charge in [-0.25, -0.2) is 31.3 Å². The van der Waals surface area contributed by atoms with Crippen molar-refractivity contribution in [2.24, 2.45) is 9.98 Å². The Bertz CT molecular complexity index is 1550. The van der Waals surface area contributed by atoms with Gasteiger partial charge in [-0.1, -0.05) is 6.92 Å². The highest BCUT2D eigenvalue weighted by Gasteiger charge is 2.34. The molecule has 0 saturated heterocycles. The van der Waals surface area contributed by atoms with Crippen molar-refractivity contribution in [2.75, 3.05) is 17.2 Å². The minimum absolute atomic E-state index is 0.0233. The van der Waals surface area contributed by atoms with E-state index >= 15 is 0 Å². The summed E-state index contributed by atoms with van der Waals surface area (Å²) in [5.41, 5.74) is 0.392. The van der Waals surface area contributed by atoms with Gasteiger partial charge in [-0.2, -0.15) is 10.5 Å². The fraction of sp³-hybridized carbons (Fsp3) is 0.400. The predicted molar refractivity (Wildman–Crippen MR) is 141 cm³/mol. The molecule has 2 aliphatic rings. The van der Waals surface area contributed by atoms with Crippen molar-refractivity contribution < 1.29 is 16.8 Å². The van der Waals surface area contributed by atoms with Crippen molar-refractivity contribution in [2.45, 2.75) is 56.9 Å². The number of hydrogen-bond donors (Lipinski definition) is 4. The number of anilines is 2. The minimum Gasteiger partial charge on any atom is -0.316 e. The van der Waals surface area contributed by atoms with Crippen molar-refractivity contribution in [3.05, 3.63) is 20.9 Å². The van der Waals surface area contributed by atoms with E-state index in [1.54, 1.807) is 13.8 Å². The number of aliphatic imine (C=N–C) groups is 2. The molecule has 36 heavy (non-hydrogen) atoms. The van der Waals surface area contributed by atoms with E-state index in [2.05, 4.69) is 30.1 Å². The molecule has 0 spiro atoms. The maximum atomic E-state index is 12.1. The molecule has 0 amide bonds. The second kappa shape index (κ2) is 10.4. The smallest absolute Gasteiger partial charge is 0.268 e. The third kappa shape index (κ3) is 5.46. The van der Waals surface area contributed by atoms with E-state index < -0.39 is 20.0 Å². The number of sulfonamides is 2. The molecule has 0 bridgehead atoms. The predicted octanol–water partition coefficient (Wildman–Crippen LogP) is 2.79. The van der Waals surface area contributed by atoms with E-state index in [0.29, 0.717) is 26.3 Å². The van der Waals surface area contributed by atoms with Crippen LogP contribution in [0.4, 0.5) is 10.0 Å². The molecule has 4 heterocycles. The highest BCUT2D eigenvalue weighted by atomic mass is 32.2. The molecule has 192 valence electrons. The molecule has 0 fully saturated rings. The second-order valence-corrected chi connectivity index (χ2v) is 13.6. The molecule has 0 radical (unpaired) electrons. The van der Waals surface area contributed by atoms with Crippen LogP contribution in [0.1, 0.15) is 48.1 Å². The minimum atomic E-state index is -3.71. The zero-order valence-electron chi connectivity index (χ0n) is 20.0. The lowest BCUT2D eigenvalue weighted by Gasteiger charge is -2.19. The third-order valence-electron chi connectivity index (χ3n) is 4.65. The van der Waals surface area contributed by atoms with Crippen LogP contribution in [0.2, 0.25) is 0 Å². The molecule has 0 aliphatic carbocycles. The zero-order chi connectivity index (χ0) is 26.8. The summed E-state index contributed by atoms with van der Waals surface area (Å²) in [7, 11) is -7.41. The Kier molecular flexibility index (Phi) is 7.94. The summed E-state index contributed by atoms with van der Waals surface area (Å²) < 4.78 is 53.0. The van der Waals surface area contributed by atoms with E-state index in [0.717, 1.165) is 6.42 Å². The van der Waals surface area contributed by atoms with Crippen molar-refractivity contribution in [1.82, 2.24) is 9.44 Å². The van der Waals surface area contributed by atoms with Crippen molar-refractivity contribution in [3.63, 3.8) is 0 Å². The van der Waals surface area contributed by atoms with E-state index in [-0.39, 0.29) is 38.9 Å². The number of fused-ring (bicyclic) bond motifs is 2. The number of rotatable bonds is 3. The fourth-order valence-electron chi connectivity index (χ4n) is 3.22. The molecule has 4 N–H and O–H groups in total. The average Bonchev–Trinajstić information content (AvgIpc) is 3.27. The Morgan fingerprint density at radius 3 is 1.72 bits per heavy atom. The lowest BCUT2D eigenvalue weighted by Crippen LogP contribution is -2.40. The second-order valence-electron chi connectivity index (χ2n) is 7.87. The molecule has 12 nitrogen and oxygen atoms in total. The lowest BCUT2D eigenvalue weighted by molar-refractivity contribution is 0.589. The van der Waals surface area contributed by atoms with Crippen LogP contribution in [-0.2, 0) is 20.0 Å². The summed E-state index contributed by atoms with van der Waals surface area (Å²) in [5.74, 6) is 0.415. The van der Waals surface area contributed by atoms with E-state index in [9.17, 15) is 16.8 Å². The number of nitrogens with one attached hydrogen (secondary N) is 4. The van der Waals surface area contributed by atoms with Gasteiger partial charge in [0, 0.05) is 22.3 Å². The molecule has 4 rings (SSSR count). The first-order chi connectivity index (χ1) is 16.8. The molecule has 0 aromatic carbocycles. The van der Waals surface area contributed by atoms with Crippen molar-refractivity contribution >= 4 is 64.6 Å². The van der Waals surface area contributed by atoms with Crippen LogP contribution in [0, 0.1) is 36.5 Å². The first kappa shape index (κ1) is 27.4. The summed E-state index contributed by atoms with van der Waals surface area (Å²) in [6.07, 6.45) is 0.826. The summed E-state index contributed by atoms with van der Waals surface area (Å²) >= 11 is 2.49. The monoisotopic (exact) mass is 568 g/mol. The van der Waals surface area contributed by atoms with Crippen LogP contribution in [0.3, 0.4) is 0 Å². The van der Waals surface area contributed by atoms with E-state index in [1.165, 1.54) is 22.7 Å². The quantitative estimate of drug-likeness (QED) is 0.435. The average molecular weight is 569 g/mol. The molecular weight excluding hydrogens is 545 g/mol. The van der Waals surface area contributed by atoms with Gasteiger partial charge in [-0.15, -0.1) is 22.7 Å². The normalized spacial score (nSPS) is 18.8. The number of aryl methyl sites for hydroxylation is 2. The molecule has 2 aromatic rings. The number of nitrogens with zero attached hydrogens (tertiary/aromatic N) is 4. The van der Waals surface area contributed by atoms with Crippen LogP contribution in [-0.4, -0.2) is 41.3 Å². The van der Waals surface area contributed by atoms with Crippen LogP contribution < -0.4 is 20.1 Å². The molecule has 2 aromatic heterocycles. The Labute approximate surface area is 217 Å². The summed E-state index contributed by atoms with van der Waals surface area (Å²) in [6, 6.07) is 3.82. The highest BCUT2D eigenvalue weighted by molar-refractivity contribution is 7.91. The summed E-state index contributed by atoms with van der Waals surface area (Å²) in [6.45, 7) is 9.63. The van der Waals surface area contributed by atoms with Gasteiger partial charge in [0.15, 0.2) is 0 Å². The van der Waals surface area contributed by atoms with Crippen molar-refractivity contribution in [1.29, 1.82) is 10.5 Å². The van der Waals surface area contributed by atoms with Gasteiger partial charge in [-0.05, 0) is 34.1 Å². The van der Waals surface area contributed by atoms with Gasteiger partial charge in [0.05, 0.1) is 11.1 Å². The van der Waals surface area contributed by atoms with E-state index in [1.807, 2.05) is 32.9 Å². The summed E-state index contributed by atoms with van der Waals surface area (Å²) in [5, 5.41) is 24.7. The van der Waals surface area contributed by atoms with Gasteiger partial charge in [-0.3, -0.25) is 4.99 Å². The Hall–Kier alpha value is -3.18. The number of nitriles is 2. The Morgan fingerprint density at radius 2 is 1.31 bits per heavy atom. The number of thiophene rings is 2. The Balaban J connectivity index is 0.000000201. The number of guanidine groups is 2. The molecule has 0 atom stereocenters. The zero-order valence-corrected chi connectivity index (χ0v) is 23.3. The summed E-state index contributed by atoms with van der Waals surface area (Å²) in [4.78, 5) is 9.64. The SMILES string of the molecule is CCCN=C1Nc2sc(C)c(C#N)c2S(=O)(=O)N1.Cc1sc2c(c1C#N)S(=O)(=O)NC(=NC(C)C)N2. The van der Waals surface area contributed by atoms with Gasteiger partial charge >= 0.3 is 0 Å². The van der Waals surface area contributed by atoms with Crippen LogP contribution in [0.25, 0.3) is 0 Å². The first-order valence-corrected chi connectivity index (χ1v) is 15.2. The Morgan fingerprint density at radius 1 is 0.861 bits per heavy atom. The fourth-order valence-corrected chi connectivity index (χ4v) is 8.51. The van der Waals surface area contributed by atoms with E-state index in [4.69, 9.17) is 10.5 Å². The molecule has 16 heteroatoms. The van der Waals surface area contributed by atoms with Crippen LogP contribution in [0.5, 0.6) is 0 Å². The van der Waals surface area contributed by atoms with Gasteiger partial charge < -0.3 is 10.6 Å². The number of hydrogen-bond acceptors (Lipinski definition) is 10. The molecule has 2 aliphatic heterocycles. The first-order valence-electron chi connectivity index (χ1n) is 10.6. The standard InChI is InChI=1S/2C10H12N4O2S2/c1-5(2)12-10-13-9-8(18(15,16)14-10)7(4-11)6(3)17-9;1-3-4-12-10-13-9-8(18(15,16)14-10)7(5-11)6(2)17-9/h5H,1-3H3,(H2,12,13,14);3-4H2,1-2H3,(H2,12,13,14). The highest BCUT2D eigenvalue weighted by Crippen LogP contribution is 2.38. The molecule has 0 unspecified atom stereocenters. The van der Waals surface area contributed by atoms with Gasteiger partial charge in [0.2, 0.25) is 11.9 Å². The molecular formula is C20H24N8O4S4.